The van der Waals surface area contributed by atoms with Crippen LogP contribution in [-0.4, -0.2) is 31.2 Å². The highest BCUT2D eigenvalue weighted by molar-refractivity contribution is 5.97. The van der Waals surface area contributed by atoms with Crippen LogP contribution in [0.15, 0.2) is 55.0 Å². The minimum atomic E-state index is -4.69. The van der Waals surface area contributed by atoms with E-state index in [-0.39, 0.29) is 17.1 Å². The van der Waals surface area contributed by atoms with Crippen molar-refractivity contribution in [2.45, 2.75) is 13.1 Å². The Balaban J connectivity index is 1.62. The van der Waals surface area contributed by atoms with Gasteiger partial charge in [0.1, 0.15) is 22.8 Å². The minimum absolute atomic E-state index is 0.0123. The van der Waals surface area contributed by atoms with Crippen molar-refractivity contribution in [3.63, 3.8) is 0 Å². The SMILES string of the molecule is COc1nc(-c2ccc3c(nc(-c4cc(F)cc(C(F)(F)F)c4)n3C)c2N)ccc1-n1cnc(C)c1. The molecule has 184 valence electrons. The first-order valence-corrected chi connectivity index (χ1v) is 10.8. The van der Waals surface area contributed by atoms with E-state index >= 15 is 0 Å². The van der Waals surface area contributed by atoms with Gasteiger partial charge in [0.25, 0.3) is 0 Å². The number of rotatable bonds is 4. The van der Waals surface area contributed by atoms with Crippen LogP contribution in [-0.2, 0) is 13.2 Å². The van der Waals surface area contributed by atoms with Crippen molar-refractivity contribution in [3.8, 4) is 34.2 Å². The van der Waals surface area contributed by atoms with Crippen LogP contribution in [0.3, 0.4) is 0 Å². The lowest BCUT2D eigenvalue weighted by Crippen LogP contribution is -2.06. The molecule has 0 fully saturated rings. The Hall–Kier alpha value is -4.41. The van der Waals surface area contributed by atoms with Crippen molar-refractivity contribution < 1.29 is 22.3 Å². The second kappa shape index (κ2) is 8.36. The number of benzene rings is 2. The van der Waals surface area contributed by atoms with Gasteiger partial charge in [-0.05, 0) is 49.4 Å². The number of pyridine rings is 1. The number of hydrogen-bond donors (Lipinski definition) is 1. The molecule has 2 aromatic carbocycles. The number of nitrogens with two attached hydrogens (primary N) is 1. The fourth-order valence-electron chi connectivity index (χ4n) is 4.13. The van der Waals surface area contributed by atoms with E-state index in [0.717, 1.165) is 17.8 Å². The van der Waals surface area contributed by atoms with Gasteiger partial charge in [-0.3, -0.25) is 0 Å². The summed E-state index contributed by atoms with van der Waals surface area (Å²) in [6.45, 7) is 1.87. The minimum Gasteiger partial charge on any atom is -0.479 e. The van der Waals surface area contributed by atoms with E-state index in [1.165, 1.54) is 7.11 Å². The van der Waals surface area contributed by atoms with Crippen molar-refractivity contribution in [1.82, 2.24) is 24.1 Å². The zero-order valence-electron chi connectivity index (χ0n) is 19.4. The number of aromatic nitrogens is 5. The third kappa shape index (κ3) is 3.92. The summed E-state index contributed by atoms with van der Waals surface area (Å²) in [6, 6.07) is 9.41. The van der Waals surface area contributed by atoms with Gasteiger partial charge in [-0.25, -0.2) is 19.3 Å². The maximum Gasteiger partial charge on any atom is 0.416 e. The number of ether oxygens (including phenoxy) is 1. The molecule has 2 N–H and O–H groups in total. The third-order valence-corrected chi connectivity index (χ3v) is 5.88. The monoisotopic (exact) mass is 496 g/mol. The molecule has 0 aliphatic rings. The number of hydrogen-bond acceptors (Lipinski definition) is 5. The molecule has 11 heteroatoms. The van der Waals surface area contributed by atoms with Crippen LogP contribution in [0.25, 0.3) is 39.4 Å². The van der Waals surface area contributed by atoms with Gasteiger partial charge < -0.3 is 19.6 Å². The zero-order chi connectivity index (χ0) is 25.8. The lowest BCUT2D eigenvalue weighted by molar-refractivity contribution is -0.137. The Morgan fingerprint density at radius 3 is 2.47 bits per heavy atom. The van der Waals surface area contributed by atoms with Crippen molar-refractivity contribution in [2.75, 3.05) is 12.8 Å². The van der Waals surface area contributed by atoms with Crippen LogP contribution in [0.1, 0.15) is 11.3 Å². The van der Waals surface area contributed by atoms with E-state index in [1.807, 2.05) is 19.2 Å². The molecule has 0 atom stereocenters. The van der Waals surface area contributed by atoms with Crippen LogP contribution in [0, 0.1) is 12.7 Å². The average molecular weight is 496 g/mol. The fourth-order valence-corrected chi connectivity index (χ4v) is 4.13. The average Bonchev–Trinajstić information content (AvgIpc) is 3.41. The van der Waals surface area contributed by atoms with Crippen molar-refractivity contribution >= 4 is 16.7 Å². The molecule has 36 heavy (non-hydrogen) atoms. The lowest BCUT2D eigenvalue weighted by Gasteiger charge is -2.12. The second-order valence-corrected chi connectivity index (χ2v) is 8.26. The molecule has 7 nitrogen and oxygen atoms in total. The molecule has 0 saturated heterocycles. The van der Waals surface area contributed by atoms with E-state index < -0.39 is 17.6 Å². The van der Waals surface area contributed by atoms with E-state index in [2.05, 4.69) is 15.0 Å². The summed E-state index contributed by atoms with van der Waals surface area (Å²) in [5.41, 5.74) is 9.17. The number of halogens is 4. The first-order chi connectivity index (χ1) is 17.1. The normalized spacial score (nSPS) is 11.9. The number of aryl methyl sites for hydroxylation is 2. The first kappa shape index (κ1) is 23.3. The van der Waals surface area contributed by atoms with Crippen LogP contribution >= 0.6 is 0 Å². The summed E-state index contributed by atoms with van der Waals surface area (Å²) in [4.78, 5) is 13.3. The summed E-state index contributed by atoms with van der Waals surface area (Å²) in [7, 11) is 3.14. The van der Waals surface area contributed by atoms with Crippen molar-refractivity contribution in [2.24, 2.45) is 7.05 Å². The Morgan fingerprint density at radius 1 is 1.03 bits per heavy atom. The molecule has 0 bridgehead atoms. The quantitative estimate of drug-likeness (QED) is 0.261. The van der Waals surface area contributed by atoms with Crippen molar-refractivity contribution in [1.29, 1.82) is 0 Å². The smallest absolute Gasteiger partial charge is 0.416 e. The van der Waals surface area contributed by atoms with Crippen LogP contribution in [0.2, 0.25) is 0 Å². The fraction of sp³-hybridized carbons (Fsp3) is 0.160. The highest BCUT2D eigenvalue weighted by Gasteiger charge is 2.32. The molecule has 0 aliphatic heterocycles. The van der Waals surface area contributed by atoms with E-state index in [9.17, 15) is 17.6 Å². The topological polar surface area (TPSA) is 83.8 Å². The molecule has 0 unspecified atom stereocenters. The molecule has 0 spiro atoms. The van der Waals surface area contributed by atoms with Gasteiger partial charge in [-0.1, -0.05) is 0 Å². The number of fused-ring (bicyclic) bond motifs is 1. The third-order valence-electron chi connectivity index (χ3n) is 5.88. The molecular weight excluding hydrogens is 476 g/mol. The number of alkyl halides is 3. The van der Waals surface area contributed by atoms with Crippen molar-refractivity contribution in [3.05, 3.63) is 72.1 Å². The maximum atomic E-state index is 14.0. The Kier molecular flexibility index (Phi) is 5.42. The molecule has 0 radical (unpaired) electrons. The molecule has 5 rings (SSSR count). The Labute approximate surface area is 202 Å². The van der Waals surface area contributed by atoms with Gasteiger partial charge in [-0.15, -0.1) is 0 Å². The van der Waals surface area contributed by atoms with E-state index in [0.29, 0.717) is 39.9 Å². The van der Waals surface area contributed by atoms with Gasteiger partial charge >= 0.3 is 6.18 Å². The zero-order valence-corrected chi connectivity index (χ0v) is 19.4. The number of anilines is 1. The molecule has 3 aromatic heterocycles. The summed E-state index contributed by atoms with van der Waals surface area (Å²) < 4.78 is 62.6. The summed E-state index contributed by atoms with van der Waals surface area (Å²) in [5, 5.41) is 0. The van der Waals surface area contributed by atoms with E-state index in [1.54, 1.807) is 40.7 Å². The predicted molar refractivity (Wildman–Crippen MR) is 127 cm³/mol. The predicted octanol–water partition coefficient (Wildman–Crippen LogP) is 5.55. The number of nitrogen functional groups attached to an aromatic ring is 1. The van der Waals surface area contributed by atoms with Gasteiger partial charge in [0.05, 0.1) is 41.6 Å². The highest BCUT2D eigenvalue weighted by Crippen LogP contribution is 2.37. The number of imidazole rings is 2. The summed E-state index contributed by atoms with van der Waals surface area (Å²) in [6.07, 6.45) is -1.20. The maximum absolute atomic E-state index is 14.0. The van der Waals surface area contributed by atoms with Crippen LogP contribution < -0.4 is 10.5 Å². The van der Waals surface area contributed by atoms with Gasteiger partial charge in [0.2, 0.25) is 5.88 Å². The molecular formula is C25H20F4N6O. The Morgan fingerprint density at radius 2 is 1.81 bits per heavy atom. The molecule has 5 aromatic rings. The summed E-state index contributed by atoms with van der Waals surface area (Å²) >= 11 is 0. The summed E-state index contributed by atoms with van der Waals surface area (Å²) in [5.74, 6) is -0.509. The Bertz CT molecular complexity index is 1620. The molecule has 0 saturated carbocycles. The molecule has 0 aliphatic carbocycles. The standard InChI is InChI=1S/C25H20F4N6O/c1-13-11-35(12-31-13)20-7-5-18(32-24(20)36-3)17-4-6-19-22(21(17)30)33-23(34(19)2)14-8-15(25(27,28)29)10-16(26)9-14/h4-12H,30H2,1-3H3. The largest absolute Gasteiger partial charge is 0.479 e. The lowest BCUT2D eigenvalue weighted by atomic mass is 10.1. The van der Waals surface area contributed by atoms with E-state index in [4.69, 9.17) is 10.5 Å². The molecule has 0 amide bonds. The number of methoxy groups -OCH3 is 1. The van der Waals surface area contributed by atoms with Crippen LogP contribution in [0.4, 0.5) is 23.2 Å². The molecule has 3 heterocycles. The van der Waals surface area contributed by atoms with Crippen LogP contribution in [0.5, 0.6) is 5.88 Å². The first-order valence-electron chi connectivity index (χ1n) is 10.8. The van der Waals surface area contributed by atoms with Gasteiger partial charge in [0.15, 0.2) is 0 Å². The highest BCUT2D eigenvalue weighted by atomic mass is 19.4. The second-order valence-electron chi connectivity index (χ2n) is 8.26. The number of nitrogens with zero attached hydrogens (tertiary/aromatic N) is 5. The van der Waals surface area contributed by atoms with Gasteiger partial charge in [0, 0.05) is 24.4 Å². The van der Waals surface area contributed by atoms with Gasteiger partial charge in [-0.2, -0.15) is 13.2 Å².